The fraction of sp³-hybridized carbons (Fsp3) is 0.571. The number of carbonyl (C=O) groups is 1. The number of hydrogen-bond acceptors (Lipinski definition) is 3. The van der Waals surface area contributed by atoms with Gasteiger partial charge in [0, 0.05) is 19.3 Å². The maximum Gasteiger partial charge on any atom is 0.255 e. The zero-order valence-corrected chi connectivity index (χ0v) is 12.7. The average Bonchev–Trinajstić information content (AvgIpc) is 2.29. The highest BCUT2D eigenvalue weighted by atomic mass is 35.5. The summed E-state index contributed by atoms with van der Waals surface area (Å²) in [5, 5.41) is 0.319. The van der Waals surface area contributed by atoms with Crippen LogP contribution in [0.4, 0.5) is 5.82 Å². The van der Waals surface area contributed by atoms with E-state index in [0.717, 1.165) is 13.1 Å². The Balaban J connectivity index is 2.94. The van der Waals surface area contributed by atoms with Crippen molar-refractivity contribution in [1.29, 1.82) is 0 Å². The van der Waals surface area contributed by atoms with E-state index in [2.05, 4.69) is 32.7 Å². The van der Waals surface area contributed by atoms with Gasteiger partial charge in [-0.05, 0) is 17.9 Å². The topological polar surface area (TPSA) is 59.2 Å². The number of anilines is 1. The third kappa shape index (κ3) is 4.71. The minimum absolute atomic E-state index is 0.0446. The molecule has 0 aliphatic carbocycles. The highest BCUT2D eigenvalue weighted by molar-refractivity contribution is 6.33. The number of rotatable bonds is 5. The number of carbonyl (C=O) groups excluding carboxylic acids is 1. The Hall–Kier alpha value is -1.29. The van der Waals surface area contributed by atoms with Crippen molar-refractivity contribution >= 4 is 23.3 Å². The number of nitrogens with two attached hydrogens (primary N) is 1. The Kier molecular flexibility index (Phi) is 5.60. The van der Waals surface area contributed by atoms with Crippen molar-refractivity contribution in [3.8, 4) is 0 Å². The molecule has 0 bridgehead atoms. The highest BCUT2D eigenvalue weighted by Crippen LogP contribution is 2.18. The van der Waals surface area contributed by atoms with E-state index in [4.69, 9.17) is 17.3 Å². The molecule has 0 aromatic carbocycles. The zero-order chi connectivity index (χ0) is 14.6. The molecule has 1 rings (SSSR count). The molecule has 0 aliphatic rings. The maximum absolute atomic E-state index is 12.5. The fourth-order valence-electron chi connectivity index (χ4n) is 1.87. The van der Waals surface area contributed by atoms with Crippen molar-refractivity contribution in [3.05, 3.63) is 22.8 Å². The molecule has 5 heteroatoms. The third-order valence-electron chi connectivity index (χ3n) is 2.57. The average molecular weight is 284 g/mol. The van der Waals surface area contributed by atoms with Gasteiger partial charge in [-0.1, -0.05) is 39.3 Å². The summed E-state index contributed by atoms with van der Waals surface area (Å²) in [6.07, 6.45) is 1.48. The van der Waals surface area contributed by atoms with E-state index in [-0.39, 0.29) is 11.7 Å². The Morgan fingerprint density at radius 3 is 2.26 bits per heavy atom. The number of aromatic nitrogens is 1. The van der Waals surface area contributed by atoms with Crippen molar-refractivity contribution in [1.82, 2.24) is 9.88 Å². The molecule has 2 N–H and O–H groups in total. The smallest absolute Gasteiger partial charge is 0.255 e. The molecule has 106 valence electrons. The summed E-state index contributed by atoms with van der Waals surface area (Å²) < 4.78 is 0. The standard InChI is InChI=1S/C14H22ClN3O/c1-9(2)7-18(8-10(3)4)14(19)11-5-12(15)13(16)17-6-11/h5-6,9-10H,7-8H2,1-4H3,(H2,16,17). The molecule has 0 aliphatic heterocycles. The van der Waals surface area contributed by atoms with Crippen molar-refractivity contribution in [2.24, 2.45) is 11.8 Å². The summed E-state index contributed by atoms with van der Waals surface area (Å²) in [6.45, 7) is 9.81. The lowest BCUT2D eigenvalue weighted by Crippen LogP contribution is -2.37. The summed E-state index contributed by atoms with van der Waals surface area (Å²) >= 11 is 5.92. The maximum atomic E-state index is 12.5. The highest BCUT2D eigenvalue weighted by Gasteiger charge is 2.19. The predicted octanol–water partition coefficient (Wildman–Crippen LogP) is 3.07. The molecular weight excluding hydrogens is 262 g/mol. The number of amides is 1. The molecule has 19 heavy (non-hydrogen) atoms. The molecule has 4 nitrogen and oxygen atoms in total. The van der Waals surface area contributed by atoms with Crippen molar-refractivity contribution in [2.45, 2.75) is 27.7 Å². The van der Waals surface area contributed by atoms with Gasteiger partial charge in [0.2, 0.25) is 0 Å². The molecule has 0 fully saturated rings. The summed E-state index contributed by atoms with van der Waals surface area (Å²) in [4.78, 5) is 18.3. The molecule has 0 radical (unpaired) electrons. The predicted molar refractivity (Wildman–Crippen MR) is 79.2 cm³/mol. The summed E-state index contributed by atoms with van der Waals surface area (Å²) in [5.74, 6) is 1.04. The first-order chi connectivity index (χ1) is 8.81. The fourth-order valence-corrected chi connectivity index (χ4v) is 2.04. The van der Waals surface area contributed by atoms with Gasteiger partial charge < -0.3 is 10.6 Å². The number of nitrogens with zero attached hydrogens (tertiary/aromatic N) is 2. The quantitative estimate of drug-likeness (QED) is 0.903. The second-order valence-corrected chi connectivity index (χ2v) is 6.00. The van der Waals surface area contributed by atoms with Gasteiger partial charge in [0.25, 0.3) is 5.91 Å². The molecule has 0 spiro atoms. The van der Waals surface area contributed by atoms with Crippen LogP contribution in [0.2, 0.25) is 5.02 Å². The zero-order valence-electron chi connectivity index (χ0n) is 12.0. The lowest BCUT2D eigenvalue weighted by atomic mass is 10.1. The summed E-state index contributed by atoms with van der Waals surface area (Å²) in [7, 11) is 0. The molecule has 1 aromatic rings. The first-order valence-electron chi connectivity index (χ1n) is 6.51. The van der Waals surface area contributed by atoms with Gasteiger partial charge in [-0.15, -0.1) is 0 Å². The van der Waals surface area contributed by atoms with E-state index in [1.807, 2.05) is 4.90 Å². The van der Waals surface area contributed by atoms with E-state index in [0.29, 0.717) is 22.4 Å². The second kappa shape index (κ2) is 6.75. The van der Waals surface area contributed by atoms with Crippen molar-refractivity contribution in [2.75, 3.05) is 18.8 Å². The van der Waals surface area contributed by atoms with E-state index >= 15 is 0 Å². The van der Waals surface area contributed by atoms with Crippen LogP contribution in [-0.2, 0) is 0 Å². The van der Waals surface area contributed by atoms with Gasteiger partial charge in [0.05, 0.1) is 10.6 Å². The van der Waals surface area contributed by atoms with Gasteiger partial charge in [0.1, 0.15) is 5.82 Å². The number of hydrogen-bond donors (Lipinski definition) is 1. The number of nitrogen functional groups attached to an aromatic ring is 1. The minimum atomic E-state index is -0.0446. The molecule has 0 saturated heterocycles. The Morgan fingerprint density at radius 2 is 1.84 bits per heavy atom. The molecule has 0 atom stereocenters. The Labute approximate surface area is 120 Å². The first kappa shape index (κ1) is 15.8. The van der Waals surface area contributed by atoms with Crippen LogP contribution in [0.1, 0.15) is 38.1 Å². The lowest BCUT2D eigenvalue weighted by molar-refractivity contribution is 0.0714. The van der Waals surface area contributed by atoms with Crippen LogP contribution in [0.3, 0.4) is 0 Å². The summed E-state index contributed by atoms with van der Waals surface area (Å²) in [5.41, 5.74) is 6.05. The normalized spacial score (nSPS) is 11.1. The first-order valence-corrected chi connectivity index (χ1v) is 6.89. The van der Waals surface area contributed by atoms with Crippen LogP contribution in [0, 0.1) is 11.8 Å². The Bertz CT molecular complexity index is 436. The van der Waals surface area contributed by atoms with Gasteiger partial charge >= 0.3 is 0 Å². The molecule has 1 aromatic heterocycles. The van der Waals surface area contributed by atoms with E-state index in [1.165, 1.54) is 6.20 Å². The molecule has 0 saturated carbocycles. The molecular formula is C14H22ClN3O. The van der Waals surface area contributed by atoms with Gasteiger partial charge in [-0.3, -0.25) is 4.79 Å². The van der Waals surface area contributed by atoms with Gasteiger partial charge in [-0.25, -0.2) is 4.98 Å². The van der Waals surface area contributed by atoms with Crippen LogP contribution in [0.15, 0.2) is 12.3 Å². The summed E-state index contributed by atoms with van der Waals surface area (Å²) in [6, 6.07) is 1.58. The third-order valence-corrected chi connectivity index (χ3v) is 2.88. The molecule has 1 amide bonds. The second-order valence-electron chi connectivity index (χ2n) is 5.59. The van der Waals surface area contributed by atoms with Gasteiger partial charge in [0.15, 0.2) is 0 Å². The van der Waals surface area contributed by atoms with Gasteiger partial charge in [-0.2, -0.15) is 0 Å². The van der Waals surface area contributed by atoms with Crippen molar-refractivity contribution < 1.29 is 4.79 Å². The van der Waals surface area contributed by atoms with Crippen LogP contribution >= 0.6 is 11.6 Å². The van der Waals surface area contributed by atoms with Crippen molar-refractivity contribution in [3.63, 3.8) is 0 Å². The van der Waals surface area contributed by atoms with Crippen LogP contribution in [0.5, 0.6) is 0 Å². The largest absolute Gasteiger partial charge is 0.382 e. The van der Waals surface area contributed by atoms with E-state index < -0.39 is 0 Å². The SMILES string of the molecule is CC(C)CN(CC(C)C)C(=O)c1cnc(N)c(Cl)c1. The van der Waals surface area contributed by atoms with Crippen LogP contribution in [0.25, 0.3) is 0 Å². The molecule has 1 heterocycles. The van der Waals surface area contributed by atoms with Crippen LogP contribution < -0.4 is 5.73 Å². The lowest BCUT2D eigenvalue weighted by Gasteiger charge is -2.26. The minimum Gasteiger partial charge on any atom is -0.382 e. The Morgan fingerprint density at radius 1 is 1.32 bits per heavy atom. The monoisotopic (exact) mass is 283 g/mol. The van der Waals surface area contributed by atoms with Crippen LogP contribution in [-0.4, -0.2) is 28.9 Å². The molecule has 0 unspecified atom stereocenters. The van der Waals surface area contributed by atoms with E-state index in [1.54, 1.807) is 6.07 Å². The number of pyridine rings is 1. The number of halogens is 1. The van der Waals surface area contributed by atoms with E-state index in [9.17, 15) is 4.79 Å².